The molecule has 0 saturated carbocycles. The highest BCUT2D eigenvalue weighted by atomic mass is 16.8. The lowest BCUT2D eigenvalue weighted by Crippen LogP contribution is -2.68. The van der Waals surface area contributed by atoms with E-state index in [0.717, 1.165) is 79.5 Å². The van der Waals surface area contributed by atoms with E-state index in [2.05, 4.69) is 56.7 Å². The highest BCUT2D eigenvalue weighted by Crippen LogP contribution is 2.39. The van der Waals surface area contributed by atoms with E-state index in [1.165, 1.54) is 41.7 Å². The molecule has 0 aliphatic carbocycles. The summed E-state index contributed by atoms with van der Waals surface area (Å²) < 4.78 is 56.1. The Kier molecular flexibility index (Phi) is 57.8. The first kappa shape index (κ1) is 131. The van der Waals surface area contributed by atoms with Gasteiger partial charge in [-0.15, -0.1) is 0 Å². The van der Waals surface area contributed by atoms with E-state index in [1.54, 1.807) is 0 Å². The number of hydrogen-bond acceptors (Lipinski definition) is 45. The zero-order valence-electron chi connectivity index (χ0n) is 82.4. The van der Waals surface area contributed by atoms with Crippen molar-refractivity contribution in [3.63, 3.8) is 0 Å². The lowest BCUT2D eigenvalue weighted by Gasteiger charge is -2.46. The van der Waals surface area contributed by atoms with Gasteiger partial charge in [-0.05, 0) is 32.6 Å². The van der Waals surface area contributed by atoms with Gasteiger partial charge in [0.2, 0.25) is 65.0 Å². The molecule has 142 heavy (non-hydrogen) atoms. The number of carboxylic acids is 2. The number of unbranched alkanes of at least 4 members (excludes halogenated alkanes) is 4. The van der Waals surface area contributed by atoms with Crippen molar-refractivity contribution in [3.05, 3.63) is 0 Å². The molecular formula is C86H150N10O46. The summed E-state index contributed by atoms with van der Waals surface area (Å²) in [6.45, 7) is 12.9. The topological polar surface area (TPSA) is 885 Å². The number of likely N-dealkylation sites (tertiary alicyclic amines) is 1. The van der Waals surface area contributed by atoms with Gasteiger partial charge in [-0.1, -0.05) is 53.4 Å². The van der Waals surface area contributed by atoms with Gasteiger partial charge >= 0.3 is 29.8 Å². The number of aliphatic hydroxyl groups is 17. The maximum Gasteiger partial charge on any atom is 0.366 e. The third kappa shape index (κ3) is 39.0. The number of nitrogens with zero attached hydrogens (tertiary/aromatic N) is 1. The molecule has 820 valence electrons. The van der Waals surface area contributed by atoms with Crippen LogP contribution in [0.15, 0.2) is 0 Å². The predicted molar refractivity (Wildman–Crippen MR) is 479 cm³/mol. The standard InChI is InChI=1S/C18H32N2O9.C17H30N2O8.C16H28N2O9.C13H24N2O8.C13H23NO9.C9H13NO3/c1-5-6-7-13(24)19-9-12(23)15(25)16-14(20-10(2)21)11(22)8-18(28-4,29-16)17(26)27-3;1-4-5-6-12(23)18-8-11(22)14(24)15-13(19-9(2)20)10(21)7-17(3,27-15)16(25)26;1-3-4-5-11(22)17-7-10(21)13(23)14-12(18-8(2)19)9(20)6-16(26,27-14)15(24)25;1-6(16)15-9-7(17)4-13(22-3,12(20)21-2)23-11(9)10(19)8(18)5-14;1-6(16)14-9-7(17)4-13(22-3,12(20)21-2)23-11(9)10(19)8(18)5-15;1-2-3-4-7(11)10-8(12)5-6-9(10)13/h11-12,14-16,22-23,25H,5-9H2,1-4H3,(H,19,24)(H,20,21);10-11,13-15,21-22,24H,4-8H2,1-3H3,(H,18,23)(H,19,20)(H,25,26);9-10,12-14,20-21,23,26H,3-7H2,1-2H3,(H,17,22)(H,18,19)(H,24,25);7-11,17-19H,4-5,14H2,1-3H3,(H,15,16);7-11,15,17-19H,4-5H2,1-3H3,(H,14,16);2-6H2,1H3/t11-,12-,14-,15-,16?,18+;10-,11-,13-,14-,15?,17+;9-,10-,12-,13-,14?,16+;2*7-,8-,9-,10-,11?,13+;/m11111./s1. The molecule has 30 atom stereocenters. The molecule has 5 unspecified atom stereocenters. The molecule has 0 aromatic heterocycles. The van der Waals surface area contributed by atoms with Gasteiger partial charge in [0.1, 0.15) is 67.1 Å². The van der Waals surface area contributed by atoms with Crippen LogP contribution in [-0.2, 0) is 129 Å². The Hall–Kier alpha value is -9.12. The van der Waals surface area contributed by atoms with Crippen molar-refractivity contribution in [2.75, 3.05) is 75.4 Å². The Balaban J connectivity index is 0.000000862. The molecule has 6 aliphatic heterocycles. The Morgan fingerprint density at radius 3 is 0.887 bits per heavy atom. The van der Waals surface area contributed by atoms with Crippen molar-refractivity contribution in [3.8, 4) is 0 Å². The molecule has 56 nitrogen and oxygen atoms in total. The molecule has 0 bridgehead atoms. The zero-order valence-corrected chi connectivity index (χ0v) is 82.4. The van der Waals surface area contributed by atoms with E-state index in [4.69, 9.17) is 53.8 Å². The van der Waals surface area contributed by atoms with Gasteiger partial charge in [0.15, 0.2) is 5.60 Å². The number of aliphatic carboxylic acids is 2. The summed E-state index contributed by atoms with van der Waals surface area (Å²) in [5.74, 6) is -19.3. The maximum absolute atomic E-state index is 12.2. The molecule has 11 amide bonds. The quantitative estimate of drug-likeness (QED) is 0.0153. The van der Waals surface area contributed by atoms with Gasteiger partial charge in [-0.3, -0.25) is 52.7 Å². The first-order valence-electron chi connectivity index (χ1n) is 45.8. The van der Waals surface area contributed by atoms with E-state index in [-0.39, 0.29) is 119 Å². The average molecular weight is 2060 g/mol. The van der Waals surface area contributed by atoms with E-state index < -0.39 is 253 Å². The Morgan fingerprint density at radius 2 is 0.641 bits per heavy atom. The second kappa shape index (κ2) is 62.7. The van der Waals surface area contributed by atoms with Crippen LogP contribution >= 0.6 is 0 Å². The summed E-state index contributed by atoms with van der Waals surface area (Å²) in [7, 11) is 6.78. The fourth-order valence-electron chi connectivity index (χ4n) is 15.2. The first-order valence-corrected chi connectivity index (χ1v) is 45.8. The predicted octanol–water partition coefficient (Wildman–Crippen LogP) is -11.3. The number of carboxylic acid groups (broad SMARTS) is 2. The second-order valence-corrected chi connectivity index (χ2v) is 34.4. The Morgan fingerprint density at radius 1 is 0.387 bits per heavy atom. The lowest BCUT2D eigenvalue weighted by molar-refractivity contribution is -0.305. The van der Waals surface area contributed by atoms with Crippen LogP contribution < -0.4 is 48.3 Å². The SMILES string of the molecule is CCCCC(=O)N1C(=O)CCC1=O.CCCCC(=O)NC[C@@H](O)[C@@H](O)C1O[C@](C)(C(=O)O)C[C@@H](O)[C@H]1NC(C)=O.CCCCC(=O)NC[C@@H](O)[C@@H](O)C1O[C@](O)(C(=O)O)C[C@@H](O)[C@H]1NC(C)=O.CCCCC(=O)NC[C@@H](O)[C@@H](O)C1O[C@](OC)(C(=O)OC)C[C@@H](O)[C@H]1NC(C)=O.COC(=O)[C@]1(OC)C[C@@H](O)[C@@H](NC(C)=O)C([C@H](O)[C@H](O)CN)O1.COC(=O)[C@]1(OC)C[C@@H](O)[C@@H](NC(C)=O)C([C@H](O)[C@H](O)CO)O1. The van der Waals surface area contributed by atoms with Crippen LogP contribution in [0.5, 0.6) is 0 Å². The molecule has 0 aromatic rings. The summed E-state index contributed by atoms with van der Waals surface area (Å²) in [5.41, 5.74) is 3.51. The van der Waals surface area contributed by atoms with Crippen LogP contribution in [-0.4, -0.2) is 453 Å². The molecule has 6 fully saturated rings. The van der Waals surface area contributed by atoms with Crippen molar-refractivity contribution in [2.24, 2.45) is 5.73 Å². The van der Waals surface area contributed by atoms with Crippen LogP contribution in [0, 0.1) is 0 Å². The zero-order chi connectivity index (χ0) is 109. The molecule has 56 heteroatoms. The molecular weight excluding hydrogens is 1910 g/mol. The van der Waals surface area contributed by atoms with E-state index in [0.29, 0.717) is 25.7 Å². The van der Waals surface area contributed by atoms with Crippen molar-refractivity contribution in [1.82, 2.24) is 47.4 Å². The number of methoxy groups -OCH3 is 6. The van der Waals surface area contributed by atoms with Crippen LogP contribution in [0.2, 0.25) is 0 Å². The Bertz CT molecular complexity index is 3850. The normalized spacial score (nSPS) is 29.8. The van der Waals surface area contributed by atoms with Gasteiger partial charge in [0.05, 0.1) is 113 Å². The molecule has 0 radical (unpaired) electrons. The van der Waals surface area contributed by atoms with Crippen LogP contribution in [0.4, 0.5) is 0 Å². The first-order chi connectivity index (χ1) is 66.2. The van der Waals surface area contributed by atoms with Gasteiger partial charge in [0.25, 0.3) is 23.1 Å². The highest BCUT2D eigenvalue weighted by molar-refractivity contribution is 6.15. The number of nitrogens with two attached hydrogens (primary N) is 1. The molecule has 29 N–H and O–H groups in total. The van der Waals surface area contributed by atoms with Crippen molar-refractivity contribution in [2.45, 2.75) is 372 Å². The molecule has 6 heterocycles. The summed E-state index contributed by atoms with van der Waals surface area (Å²) in [5, 5.41) is 210. The van der Waals surface area contributed by atoms with Crippen molar-refractivity contribution in [1.29, 1.82) is 0 Å². The van der Waals surface area contributed by atoms with Gasteiger partial charge in [0, 0.05) is 153 Å². The molecule has 6 saturated heterocycles. The number of aliphatic hydroxyl groups excluding tert-OH is 16. The number of nitrogens with one attached hydrogen (secondary N) is 8. The van der Waals surface area contributed by atoms with Gasteiger partial charge in [-0.25, -0.2) is 28.9 Å². The lowest BCUT2D eigenvalue weighted by atomic mass is 9.84. The molecule has 6 rings (SSSR count). The summed E-state index contributed by atoms with van der Waals surface area (Å²) in [6.07, 6.45) is -24.6. The van der Waals surface area contributed by atoms with Crippen LogP contribution in [0.3, 0.4) is 0 Å². The van der Waals surface area contributed by atoms with E-state index >= 15 is 0 Å². The highest BCUT2D eigenvalue weighted by Gasteiger charge is 2.61. The third-order valence-corrected chi connectivity index (χ3v) is 23.1. The largest absolute Gasteiger partial charge is 0.479 e. The second-order valence-electron chi connectivity index (χ2n) is 34.4. The minimum absolute atomic E-state index is 0.191. The average Bonchev–Trinajstić information content (AvgIpc) is 0.924. The number of carbonyl (C=O) groups is 16. The van der Waals surface area contributed by atoms with Crippen molar-refractivity contribution < 1.29 is 226 Å². The number of hydrogen-bond donors (Lipinski definition) is 28. The van der Waals surface area contributed by atoms with Gasteiger partial charge in [-0.2, -0.15) is 0 Å². The molecule has 0 aromatic carbocycles. The number of imide groups is 3. The number of rotatable bonds is 43. The van der Waals surface area contributed by atoms with Crippen molar-refractivity contribution >= 4 is 94.8 Å². The minimum Gasteiger partial charge on any atom is -0.479 e. The summed E-state index contributed by atoms with van der Waals surface area (Å²) in [6, 6.07) is -5.73. The summed E-state index contributed by atoms with van der Waals surface area (Å²) in [4.78, 5) is 185. The maximum atomic E-state index is 12.2. The van der Waals surface area contributed by atoms with Gasteiger partial charge < -0.3 is 197 Å². The van der Waals surface area contributed by atoms with E-state index in [9.17, 15) is 164 Å². The number of esters is 3. The smallest absolute Gasteiger partial charge is 0.366 e. The van der Waals surface area contributed by atoms with Crippen LogP contribution in [0.25, 0.3) is 0 Å². The number of ether oxygens (including phenoxy) is 11. The minimum atomic E-state index is -2.80. The number of amides is 11. The third-order valence-electron chi connectivity index (χ3n) is 23.1. The summed E-state index contributed by atoms with van der Waals surface area (Å²) >= 11 is 0. The molecule has 6 aliphatic rings. The fraction of sp³-hybridized carbons (Fsp3) is 0.814. The number of carbonyl (C=O) groups excluding carboxylic acids is 14. The Labute approximate surface area is 818 Å². The molecule has 0 spiro atoms. The van der Waals surface area contributed by atoms with Crippen LogP contribution in [0.1, 0.15) is 191 Å². The fourth-order valence-corrected chi connectivity index (χ4v) is 15.2. The monoisotopic (exact) mass is 2060 g/mol. The van der Waals surface area contributed by atoms with E-state index in [1.807, 2.05) is 27.7 Å².